The number of nitrogens with zero attached hydrogens (tertiary/aromatic N) is 2. The average molecular weight is 795 g/mol. The Kier molecular flexibility index (Phi) is 8.50. The van der Waals surface area contributed by atoms with E-state index in [2.05, 4.69) is 175 Å². The van der Waals surface area contributed by atoms with Crippen LogP contribution in [0.1, 0.15) is 63.5 Å². The van der Waals surface area contributed by atoms with Gasteiger partial charge in [0.25, 0.3) is 0 Å². The molecule has 0 saturated carbocycles. The monoisotopic (exact) mass is 794 g/mol. The summed E-state index contributed by atoms with van der Waals surface area (Å²) in [5, 5.41) is 12.5. The summed E-state index contributed by atoms with van der Waals surface area (Å²) in [5.74, 6) is 0. The Bertz CT molecular complexity index is 3140. The van der Waals surface area contributed by atoms with Crippen LogP contribution in [0.3, 0.4) is 0 Å². The molecule has 1 aromatic heterocycles. The van der Waals surface area contributed by atoms with Gasteiger partial charge in [0.1, 0.15) is 0 Å². The summed E-state index contributed by atoms with van der Waals surface area (Å²) in [6.45, 7) is 9.32. The van der Waals surface area contributed by atoms with Crippen molar-refractivity contribution in [3.63, 3.8) is 0 Å². The summed E-state index contributed by atoms with van der Waals surface area (Å²) < 4.78 is 0. The van der Waals surface area contributed by atoms with Gasteiger partial charge in [0.05, 0.1) is 0 Å². The Morgan fingerprint density at radius 3 is 1.63 bits per heavy atom. The summed E-state index contributed by atoms with van der Waals surface area (Å²) in [6.07, 6.45) is 7.68. The molecule has 0 bridgehead atoms. The van der Waals surface area contributed by atoms with E-state index in [1.165, 1.54) is 142 Å². The second-order valence-electron chi connectivity index (χ2n) is 18.2. The van der Waals surface area contributed by atoms with Crippen LogP contribution in [0.15, 0.2) is 152 Å². The van der Waals surface area contributed by atoms with E-state index in [1.54, 1.807) is 0 Å². The minimum atomic E-state index is -0.624. The number of rotatable bonds is 5. The number of piperidine rings is 2. The molecule has 3 heterocycles. The van der Waals surface area contributed by atoms with Gasteiger partial charge in [0.2, 0.25) is 0 Å². The second kappa shape index (κ2) is 14.1. The fourth-order valence-electron chi connectivity index (χ4n) is 11.4. The largest absolute Gasteiger partial charge is 0.372 e. The first-order valence-corrected chi connectivity index (χ1v) is 23.7. The van der Waals surface area contributed by atoms with Gasteiger partial charge in [-0.1, -0.05) is 131 Å². The molecule has 0 spiro atoms. The molecular formula is C57H51N2P. The van der Waals surface area contributed by atoms with Crippen molar-refractivity contribution < 1.29 is 0 Å². The molecule has 2 fully saturated rings. The topological polar surface area (TPSA) is 6.48 Å². The van der Waals surface area contributed by atoms with Crippen LogP contribution in [0.25, 0.3) is 81.2 Å². The molecule has 1 atom stereocenters. The Balaban J connectivity index is 1.16. The van der Waals surface area contributed by atoms with Gasteiger partial charge >= 0.3 is 0 Å². The van der Waals surface area contributed by atoms with Crippen molar-refractivity contribution in [1.82, 2.24) is 0 Å². The predicted octanol–water partition coefficient (Wildman–Crippen LogP) is 15.9. The normalized spacial score (nSPS) is 16.5. The molecule has 9 aromatic rings. The maximum atomic E-state index is 2.64. The number of hydrogen-bond acceptors (Lipinski definition) is 2. The Labute approximate surface area is 355 Å². The molecule has 2 aliphatic heterocycles. The van der Waals surface area contributed by atoms with Gasteiger partial charge in [0, 0.05) is 53.2 Å². The van der Waals surface area contributed by atoms with Crippen molar-refractivity contribution >= 4 is 61.5 Å². The molecule has 3 heteroatoms. The summed E-state index contributed by atoms with van der Waals surface area (Å²) in [5.41, 5.74) is 13.6. The highest BCUT2D eigenvalue weighted by atomic mass is 31.1. The van der Waals surface area contributed by atoms with Gasteiger partial charge in [-0.25, -0.2) is 0 Å². The molecule has 3 aliphatic rings. The van der Waals surface area contributed by atoms with Crippen molar-refractivity contribution in [3.05, 3.63) is 163 Å². The van der Waals surface area contributed by atoms with E-state index in [1.807, 2.05) is 0 Å². The Morgan fingerprint density at radius 2 is 0.950 bits per heavy atom. The fourth-order valence-corrected chi connectivity index (χ4v) is 14.0. The molecule has 60 heavy (non-hydrogen) atoms. The van der Waals surface area contributed by atoms with Crippen LogP contribution >= 0.6 is 7.53 Å². The summed E-state index contributed by atoms with van der Waals surface area (Å²) in [6, 6.07) is 59.2. The molecular weight excluding hydrogens is 744 g/mol. The second-order valence-corrected chi connectivity index (χ2v) is 20.3. The quantitative estimate of drug-likeness (QED) is 0.160. The van der Waals surface area contributed by atoms with Crippen molar-refractivity contribution in [2.24, 2.45) is 0 Å². The van der Waals surface area contributed by atoms with E-state index in [-0.39, 0.29) is 5.41 Å². The van der Waals surface area contributed by atoms with Gasteiger partial charge in [0.15, 0.2) is 0 Å². The first kappa shape index (κ1) is 36.1. The fraction of sp³-hybridized carbons (Fsp3) is 0.228. The van der Waals surface area contributed by atoms with Crippen LogP contribution < -0.4 is 9.80 Å². The average Bonchev–Trinajstić information content (AvgIpc) is 3.76. The molecule has 0 amide bonds. The zero-order valence-corrected chi connectivity index (χ0v) is 35.7. The van der Waals surface area contributed by atoms with Crippen molar-refractivity contribution in [3.8, 4) is 38.7 Å². The van der Waals surface area contributed by atoms with Crippen LogP contribution in [0, 0.1) is 0 Å². The highest BCUT2D eigenvalue weighted by molar-refractivity contribution is 7.67. The standard InChI is InChI=1S/C57H51N2P/c1-57(2)51-20-10-8-18-43(51)44-26-22-39(35-52(44)57)56-47-28-25-40(58-30-12-4-13-31-58)36-49(47)55(46-27-24-41(37-50(46)56)59-32-14-5-15-33-59)38-23-29-54-48(34-38)45-19-9-11-21-53(45)60(54)42-16-6-3-7-17-42/h3,6-11,16-29,34-37H,4-5,12-15,30-33H2,1-2H3. The molecule has 2 nitrogen and oxygen atoms in total. The highest BCUT2D eigenvalue weighted by Gasteiger charge is 2.35. The molecule has 1 unspecified atom stereocenters. The van der Waals surface area contributed by atoms with Crippen LogP contribution in [0.4, 0.5) is 11.4 Å². The molecule has 2 saturated heterocycles. The smallest absolute Gasteiger partial charge is 0.0372 e. The maximum Gasteiger partial charge on any atom is 0.0372 e. The molecule has 12 rings (SSSR count). The van der Waals surface area contributed by atoms with Crippen LogP contribution in [-0.4, -0.2) is 26.2 Å². The lowest BCUT2D eigenvalue weighted by atomic mass is 9.80. The van der Waals surface area contributed by atoms with Crippen LogP contribution in [0.5, 0.6) is 0 Å². The zero-order chi connectivity index (χ0) is 40.0. The third kappa shape index (κ3) is 5.60. The summed E-state index contributed by atoms with van der Waals surface area (Å²) in [7, 11) is -0.624. The Hall–Kier alpha value is -5.82. The zero-order valence-electron chi connectivity index (χ0n) is 34.8. The van der Waals surface area contributed by atoms with E-state index >= 15 is 0 Å². The lowest BCUT2D eigenvalue weighted by Crippen LogP contribution is -2.29. The van der Waals surface area contributed by atoms with E-state index < -0.39 is 7.53 Å². The van der Waals surface area contributed by atoms with Gasteiger partial charge < -0.3 is 9.80 Å². The third-order valence-corrected chi connectivity index (χ3v) is 16.9. The minimum Gasteiger partial charge on any atom is -0.372 e. The first-order chi connectivity index (χ1) is 29.5. The van der Waals surface area contributed by atoms with Crippen molar-refractivity contribution in [2.75, 3.05) is 36.0 Å². The van der Waals surface area contributed by atoms with Crippen LogP contribution in [-0.2, 0) is 5.41 Å². The minimum absolute atomic E-state index is 0.0757. The van der Waals surface area contributed by atoms with Gasteiger partial charge in [-0.15, -0.1) is 0 Å². The predicted molar refractivity (Wildman–Crippen MR) is 261 cm³/mol. The van der Waals surface area contributed by atoms with E-state index in [9.17, 15) is 0 Å². The lowest BCUT2D eigenvalue weighted by molar-refractivity contribution is 0.578. The molecule has 8 aromatic carbocycles. The Morgan fingerprint density at radius 1 is 0.400 bits per heavy atom. The SMILES string of the molecule is CC1(C)c2ccccc2-c2ccc(-c3c4ccc(N5CCCCC5)cc4c(-c4ccc5c(c4)c4ccccc4p5-c4ccccc4)c4ccc(N5CCCCC5)cc34)cc21. The number of fused-ring (bicyclic) bond motifs is 8. The highest BCUT2D eigenvalue weighted by Crippen LogP contribution is 2.57. The van der Waals surface area contributed by atoms with Gasteiger partial charge in [-0.05, 0) is 163 Å². The summed E-state index contributed by atoms with van der Waals surface area (Å²) >= 11 is 0. The number of anilines is 2. The van der Waals surface area contributed by atoms with Gasteiger partial charge in [-0.2, -0.15) is 0 Å². The lowest BCUT2D eigenvalue weighted by Gasteiger charge is -2.30. The van der Waals surface area contributed by atoms with Crippen molar-refractivity contribution in [2.45, 2.75) is 57.8 Å². The van der Waals surface area contributed by atoms with E-state index in [0.29, 0.717) is 0 Å². The van der Waals surface area contributed by atoms with Gasteiger partial charge in [-0.3, -0.25) is 0 Å². The van der Waals surface area contributed by atoms with Crippen molar-refractivity contribution in [1.29, 1.82) is 0 Å². The molecule has 294 valence electrons. The third-order valence-electron chi connectivity index (χ3n) is 14.4. The number of benzene rings is 8. The first-order valence-electron chi connectivity index (χ1n) is 22.4. The molecule has 0 radical (unpaired) electrons. The molecule has 0 N–H and O–H groups in total. The maximum absolute atomic E-state index is 2.64. The van der Waals surface area contributed by atoms with E-state index in [4.69, 9.17) is 0 Å². The molecule has 1 aliphatic carbocycles. The van der Waals surface area contributed by atoms with E-state index in [0.717, 1.165) is 26.2 Å². The summed E-state index contributed by atoms with van der Waals surface area (Å²) in [4.78, 5) is 5.27. The number of hydrogen-bond donors (Lipinski definition) is 0. The van der Waals surface area contributed by atoms with Crippen LogP contribution in [0.2, 0.25) is 0 Å².